The molecule has 1 atom stereocenters. The third-order valence-corrected chi connectivity index (χ3v) is 4.78. The second kappa shape index (κ2) is 6.24. The topological polar surface area (TPSA) is 92.1 Å². The lowest BCUT2D eigenvalue weighted by molar-refractivity contribution is 0.160. The van der Waals surface area contributed by atoms with E-state index in [1.165, 1.54) is 0 Å². The third-order valence-electron chi connectivity index (χ3n) is 4.78. The van der Waals surface area contributed by atoms with Gasteiger partial charge in [0, 0.05) is 13.0 Å². The van der Waals surface area contributed by atoms with E-state index in [2.05, 4.69) is 20.7 Å². The summed E-state index contributed by atoms with van der Waals surface area (Å²) in [5.41, 5.74) is -0.443. The van der Waals surface area contributed by atoms with E-state index in [4.69, 9.17) is 0 Å². The molecule has 2 amide bonds. The zero-order valence-electron chi connectivity index (χ0n) is 13.1. The zero-order chi connectivity index (χ0) is 15.6. The first-order chi connectivity index (χ1) is 10.7. The van der Waals surface area contributed by atoms with Gasteiger partial charge in [-0.1, -0.05) is 19.8 Å². The van der Waals surface area contributed by atoms with Gasteiger partial charge in [0.05, 0.1) is 18.2 Å². The van der Waals surface area contributed by atoms with Crippen molar-refractivity contribution in [2.75, 3.05) is 6.61 Å². The Bertz CT molecular complexity index is 536. The van der Waals surface area contributed by atoms with Crippen LogP contribution in [0.4, 0.5) is 4.79 Å². The molecule has 22 heavy (non-hydrogen) atoms. The summed E-state index contributed by atoms with van der Waals surface area (Å²) in [4.78, 5) is 16.9. The number of hydrogen-bond acceptors (Lipinski definition) is 4. The molecule has 3 rings (SSSR count). The number of rotatable bonds is 4. The number of aryl methyl sites for hydroxylation is 2. The molecule has 1 unspecified atom stereocenters. The molecule has 7 heteroatoms. The van der Waals surface area contributed by atoms with Crippen molar-refractivity contribution in [1.82, 2.24) is 25.4 Å². The summed E-state index contributed by atoms with van der Waals surface area (Å²) >= 11 is 0. The number of nitrogens with one attached hydrogen (secondary N) is 2. The Kier molecular flexibility index (Phi) is 4.33. The molecule has 0 aromatic carbocycles. The van der Waals surface area contributed by atoms with Crippen molar-refractivity contribution in [3.8, 4) is 0 Å². The summed E-state index contributed by atoms with van der Waals surface area (Å²) in [5.74, 6) is 1.68. The molecule has 3 N–H and O–H groups in total. The molecule has 0 radical (unpaired) electrons. The number of nitrogens with zero attached hydrogens (tertiary/aromatic N) is 3. The Morgan fingerprint density at radius 1 is 1.41 bits per heavy atom. The first-order valence-corrected chi connectivity index (χ1v) is 8.29. The molecule has 122 valence electrons. The first kappa shape index (κ1) is 15.3. The molecule has 2 aliphatic rings. The van der Waals surface area contributed by atoms with E-state index < -0.39 is 5.54 Å². The Balaban J connectivity index is 1.66. The van der Waals surface area contributed by atoms with Crippen molar-refractivity contribution in [1.29, 1.82) is 0 Å². The largest absolute Gasteiger partial charge is 0.394 e. The fourth-order valence-electron chi connectivity index (χ4n) is 3.50. The zero-order valence-corrected chi connectivity index (χ0v) is 13.1. The number of carbonyl (C=O) groups is 1. The highest BCUT2D eigenvalue weighted by Gasteiger charge is 2.35. The average Bonchev–Trinajstić information content (AvgIpc) is 3.14. The lowest BCUT2D eigenvalue weighted by Gasteiger charge is -2.30. The quantitative estimate of drug-likeness (QED) is 0.781. The first-order valence-electron chi connectivity index (χ1n) is 8.29. The van der Waals surface area contributed by atoms with Crippen LogP contribution >= 0.6 is 0 Å². The highest BCUT2D eigenvalue weighted by Crippen LogP contribution is 2.29. The van der Waals surface area contributed by atoms with Gasteiger partial charge in [0.25, 0.3) is 0 Å². The van der Waals surface area contributed by atoms with Crippen LogP contribution in [0.2, 0.25) is 0 Å². The Labute approximate surface area is 130 Å². The smallest absolute Gasteiger partial charge is 0.315 e. The number of aliphatic hydroxyl groups is 1. The summed E-state index contributed by atoms with van der Waals surface area (Å²) < 4.78 is 1.91. The molecule has 1 aliphatic carbocycles. The lowest BCUT2D eigenvalue weighted by Crippen LogP contribution is -2.53. The standard InChI is InChI=1S/C15H25N5O2/c1-2-12-17-13-11(6-5-9-20(13)19-12)16-14(22)18-15(10-21)7-3-4-8-15/h11,21H,2-10H2,1H3,(H2,16,18,22). The number of aromatic nitrogens is 3. The van der Waals surface area contributed by atoms with Crippen molar-refractivity contribution in [3.63, 3.8) is 0 Å². The number of carbonyl (C=O) groups excluding carboxylic acids is 1. The van der Waals surface area contributed by atoms with Gasteiger partial charge in [0.1, 0.15) is 5.82 Å². The third kappa shape index (κ3) is 2.95. The van der Waals surface area contributed by atoms with Gasteiger partial charge in [0.15, 0.2) is 5.82 Å². The van der Waals surface area contributed by atoms with Crippen LogP contribution in [0.3, 0.4) is 0 Å². The summed E-state index contributed by atoms with van der Waals surface area (Å²) in [5, 5.41) is 20.0. The fourth-order valence-corrected chi connectivity index (χ4v) is 3.50. The van der Waals surface area contributed by atoms with Crippen LogP contribution in [0.25, 0.3) is 0 Å². The summed E-state index contributed by atoms with van der Waals surface area (Å²) in [6.07, 6.45) is 6.45. The van der Waals surface area contributed by atoms with Crippen LogP contribution in [-0.2, 0) is 13.0 Å². The van der Waals surface area contributed by atoms with Gasteiger partial charge in [-0.05, 0) is 25.7 Å². The molecule has 1 fully saturated rings. The molecule has 0 saturated heterocycles. The highest BCUT2D eigenvalue weighted by molar-refractivity contribution is 5.75. The molecule has 0 bridgehead atoms. The Morgan fingerprint density at radius 3 is 2.86 bits per heavy atom. The maximum absolute atomic E-state index is 12.3. The van der Waals surface area contributed by atoms with Gasteiger partial charge in [-0.15, -0.1) is 0 Å². The molecule has 1 aromatic heterocycles. The van der Waals surface area contributed by atoms with Gasteiger partial charge in [-0.2, -0.15) is 5.10 Å². The van der Waals surface area contributed by atoms with Gasteiger partial charge < -0.3 is 15.7 Å². The van der Waals surface area contributed by atoms with Crippen molar-refractivity contribution in [2.45, 2.75) is 70.0 Å². The van der Waals surface area contributed by atoms with E-state index in [1.807, 2.05) is 11.6 Å². The van der Waals surface area contributed by atoms with Crippen LogP contribution in [0, 0.1) is 0 Å². The maximum atomic E-state index is 12.3. The van der Waals surface area contributed by atoms with Gasteiger partial charge >= 0.3 is 6.03 Å². The second-order valence-electron chi connectivity index (χ2n) is 6.40. The molecule has 2 heterocycles. The molecule has 7 nitrogen and oxygen atoms in total. The predicted octanol–water partition coefficient (Wildman–Crippen LogP) is 1.28. The Morgan fingerprint density at radius 2 is 2.18 bits per heavy atom. The van der Waals surface area contributed by atoms with Crippen LogP contribution in [0.15, 0.2) is 0 Å². The second-order valence-corrected chi connectivity index (χ2v) is 6.40. The summed E-state index contributed by atoms with van der Waals surface area (Å²) in [6.45, 7) is 2.89. The van der Waals surface area contributed by atoms with Crippen LogP contribution in [0.5, 0.6) is 0 Å². The van der Waals surface area contributed by atoms with E-state index in [0.717, 1.165) is 63.1 Å². The summed E-state index contributed by atoms with van der Waals surface area (Å²) in [6, 6.07) is -0.311. The number of urea groups is 1. The molecule has 1 saturated carbocycles. The monoisotopic (exact) mass is 307 g/mol. The predicted molar refractivity (Wildman–Crippen MR) is 81.3 cm³/mol. The van der Waals surface area contributed by atoms with Crippen LogP contribution in [0.1, 0.15) is 63.1 Å². The van der Waals surface area contributed by atoms with Crippen molar-refractivity contribution in [3.05, 3.63) is 11.6 Å². The number of aliphatic hydroxyl groups excluding tert-OH is 1. The van der Waals surface area contributed by atoms with Gasteiger partial charge in [-0.25, -0.2) is 14.5 Å². The normalized spacial score (nSPS) is 23.1. The molecular formula is C15H25N5O2. The fraction of sp³-hybridized carbons (Fsp3) is 0.800. The minimum Gasteiger partial charge on any atom is -0.394 e. The van der Waals surface area contributed by atoms with E-state index in [1.54, 1.807) is 0 Å². The number of amides is 2. The number of fused-ring (bicyclic) bond motifs is 1. The van der Waals surface area contributed by atoms with Crippen LogP contribution in [-0.4, -0.2) is 38.0 Å². The van der Waals surface area contributed by atoms with Crippen molar-refractivity contribution >= 4 is 6.03 Å². The van der Waals surface area contributed by atoms with Gasteiger partial charge in [-0.3, -0.25) is 0 Å². The number of hydrogen-bond donors (Lipinski definition) is 3. The van der Waals surface area contributed by atoms with E-state index >= 15 is 0 Å². The van der Waals surface area contributed by atoms with E-state index in [0.29, 0.717) is 0 Å². The SMILES string of the molecule is CCc1nc2n(n1)CCCC2NC(=O)NC1(CO)CCCC1. The van der Waals surface area contributed by atoms with E-state index in [-0.39, 0.29) is 18.7 Å². The molecule has 1 aromatic rings. The van der Waals surface area contributed by atoms with Crippen molar-refractivity contribution in [2.24, 2.45) is 0 Å². The van der Waals surface area contributed by atoms with Crippen molar-refractivity contribution < 1.29 is 9.90 Å². The minimum absolute atomic E-state index is 0.00124. The molecule has 0 spiro atoms. The van der Waals surface area contributed by atoms with Crippen LogP contribution < -0.4 is 10.6 Å². The Hall–Kier alpha value is -1.63. The highest BCUT2D eigenvalue weighted by atomic mass is 16.3. The molecule has 1 aliphatic heterocycles. The van der Waals surface area contributed by atoms with E-state index in [9.17, 15) is 9.90 Å². The average molecular weight is 307 g/mol. The lowest BCUT2D eigenvalue weighted by atomic mass is 9.99. The summed E-state index contributed by atoms with van der Waals surface area (Å²) in [7, 11) is 0. The maximum Gasteiger partial charge on any atom is 0.315 e. The van der Waals surface area contributed by atoms with Gasteiger partial charge in [0.2, 0.25) is 0 Å². The minimum atomic E-state index is -0.443. The molecular weight excluding hydrogens is 282 g/mol.